The summed E-state index contributed by atoms with van der Waals surface area (Å²) >= 11 is 0. The molecule has 0 aliphatic rings. The summed E-state index contributed by atoms with van der Waals surface area (Å²) < 4.78 is 58.0. The molecule has 1 aromatic carbocycles. The maximum atomic E-state index is 13.4. The Morgan fingerprint density at radius 3 is 2.27 bits per heavy atom. The number of hydrogen-bond donors (Lipinski definition) is 0. The third-order valence-corrected chi connectivity index (χ3v) is 7.69. The number of pyridine rings is 1. The van der Waals surface area contributed by atoms with Crippen molar-refractivity contribution in [3.63, 3.8) is 0 Å². The number of sulfone groups is 1. The molecule has 0 aliphatic carbocycles. The van der Waals surface area contributed by atoms with Crippen molar-refractivity contribution in [3.8, 4) is 34.5 Å². The van der Waals surface area contributed by atoms with Gasteiger partial charge in [0, 0.05) is 18.7 Å². The topological polar surface area (TPSA) is 131 Å². The van der Waals surface area contributed by atoms with Gasteiger partial charge in [-0.2, -0.15) is 0 Å². The summed E-state index contributed by atoms with van der Waals surface area (Å²) in [4.78, 5) is 12.1. The molecule has 194 valence electrons. The number of para-hydroxylation sites is 1. The predicted molar refractivity (Wildman–Crippen MR) is 132 cm³/mol. The zero-order chi connectivity index (χ0) is 26.6. The number of hydrogen-bond acceptors (Lipinski definition) is 10. The molecule has 0 fully saturated rings. The molecule has 0 amide bonds. The molecule has 0 aliphatic heterocycles. The second kappa shape index (κ2) is 10.9. The van der Waals surface area contributed by atoms with Crippen LogP contribution in [-0.4, -0.2) is 64.7 Å². The highest BCUT2D eigenvalue weighted by molar-refractivity contribution is 7.91. The van der Waals surface area contributed by atoms with Crippen molar-refractivity contribution in [1.29, 1.82) is 0 Å². The third-order valence-electron chi connectivity index (χ3n) is 5.64. The van der Waals surface area contributed by atoms with Gasteiger partial charge in [0.1, 0.15) is 40.2 Å². The Balaban J connectivity index is 1.82. The molecule has 3 heterocycles. The van der Waals surface area contributed by atoms with Gasteiger partial charge >= 0.3 is 0 Å². The van der Waals surface area contributed by atoms with Crippen molar-refractivity contribution in [2.75, 3.05) is 21.3 Å². The smallest absolute Gasteiger partial charge is 0.187 e. The van der Waals surface area contributed by atoms with Crippen LogP contribution in [0.2, 0.25) is 0 Å². The van der Waals surface area contributed by atoms with Crippen molar-refractivity contribution in [2.45, 2.75) is 24.3 Å². The van der Waals surface area contributed by atoms with Crippen LogP contribution in [0.5, 0.6) is 17.2 Å². The zero-order valence-electron chi connectivity index (χ0n) is 20.6. The molecule has 0 N–H and O–H groups in total. The Hall–Kier alpha value is -4.13. The zero-order valence-corrected chi connectivity index (χ0v) is 21.4. The van der Waals surface area contributed by atoms with Crippen LogP contribution >= 0.6 is 0 Å². The molecule has 3 aromatic heterocycles. The highest BCUT2D eigenvalue weighted by Gasteiger charge is 2.29. The molecule has 0 spiro atoms. The van der Waals surface area contributed by atoms with Crippen molar-refractivity contribution in [3.05, 3.63) is 66.4 Å². The lowest BCUT2D eigenvalue weighted by Gasteiger charge is -2.18. The normalized spacial score (nSPS) is 12.2. The Morgan fingerprint density at radius 1 is 0.973 bits per heavy atom. The Kier molecular flexibility index (Phi) is 7.62. The highest BCUT2D eigenvalue weighted by atomic mass is 32.2. The summed E-state index contributed by atoms with van der Waals surface area (Å²) in [5.41, 5.74) is 0.813. The minimum Gasteiger partial charge on any atom is -0.497 e. The summed E-state index contributed by atoms with van der Waals surface area (Å²) in [5.74, 6) is 0.894. The van der Waals surface area contributed by atoms with Crippen LogP contribution in [0.1, 0.15) is 18.6 Å². The summed E-state index contributed by atoms with van der Waals surface area (Å²) in [7, 11) is 0.715. The van der Waals surface area contributed by atoms with Crippen LogP contribution in [0.3, 0.4) is 0 Å². The van der Waals surface area contributed by atoms with Crippen LogP contribution in [0, 0.1) is 5.82 Å². The lowest BCUT2D eigenvalue weighted by atomic mass is 10.2. The molecule has 13 heteroatoms. The maximum absolute atomic E-state index is 13.4. The van der Waals surface area contributed by atoms with Gasteiger partial charge in [-0.3, -0.25) is 9.55 Å². The molecule has 0 radical (unpaired) electrons. The first-order valence-electron chi connectivity index (χ1n) is 11.1. The summed E-state index contributed by atoms with van der Waals surface area (Å²) in [6.07, 6.45) is 3.55. The number of benzene rings is 1. The molecule has 11 nitrogen and oxygen atoms in total. The molecular weight excluding hydrogens is 503 g/mol. The molecular formula is C24H25FN6O5S. The highest BCUT2D eigenvalue weighted by Crippen LogP contribution is 2.36. The quantitative estimate of drug-likeness (QED) is 0.303. The van der Waals surface area contributed by atoms with Gasteiger partial charge in [0.25, 0.3) is 0 Å². The van der Waals surface area contributed by atoms with Gasteiger partial charge < -0.3 is 14.2 Å². The van der Waals surface area contributed by atoms with E-state index >= 15 is 0 Å². The largest absolute Gasteiger partial charge is 0.497 e. The monoisotopic (exact) mass is 528 g/mol. The van der Waals surface area contributed by atoms with Gasteiger partial charge in [0.2, 0.25) is 0 Å². The van der Waals surface area contributed by atoms with Crippen LogP contribution < -0.4 is 14.2 Å². The molecule has 4 rings (SSSR count). The third kappa shape index (κ3) is 5.50. The number of nitrogens with zero attached hydrogens (tertiary/aromatic N) is 6. The van der Waals surface area contributed by atoms with E-state index in [-0.39, 0.29) is 23.9 Å². The first-order chi connectivity index (χ1) is 17.8. The van der Waals surface area contributed by atoms with Crippen LogP contribution in [0.15, 0.2) is 48.9 Å². The molecule has 0 unspecified atom stereocenters. The van der Waals surface area contributed by atoms with Crippen molar-refractivity contribution < 1.29 is 27.0 Å². The Morgan fingerprint density at radius 2 is 1.65 bits per heavy atom. The van der Waals surface area contributed by atoms with E-state index < -0.39 is 26.7 Å². The average Bonchev–Trinajstić information content (AvgIpc) is 3.31. The fourth-order valence-electron chi connectivity index (χ4n) is 3.67. The van der Waals surface area contributed by atoms with Gasteiger partial charge in [-0.1, -0.05) is 6.07 Å². The average molecular weight is 529 g/mol. The fraction of sp³-hybridized carbons (Fsp3) is 0.292. The van der Waals surface area contributed by atoms with Gasteiger partial charge in [0.05, 0.1) is 39.0 Å². The lowest BCUT2D eigenvalue weighted by molar-refractivity contribution is 0.390. The van der Waals surface area contributed by atoms with Crippen molar-refractivity contribution in [2.24, 2.45) is 0 Å². The number of rotatable bonds is 10. The lowest BCUT2D eigenvalue weighted by Crippen LogP contribution is -2.24. The fourth-order valence-corrected chi connectivity index (χ4v) is 4.91. The van der Waals surface area contributed by atoms with Gasteiger partial charge in [-0.15, -0.1) is 10.2 Å². The molecule has 0 bridgehead atoms. The van der Waals surface area contributed by atoms with E-state index in [4.69, 9.17) is 14.2 Å². The van der Waals surface area contributed by atoms with Crippen LogP contribution in [-0.2, 0) is 22.0 Å². The van der Waals surface area contributed by atoms with E-state index in [2.05, 4.69) is 25.1 Å². The number of aromatic nitrogens is 6. The van der Waals surface area contributed by atoms with Gasteiger partial charge in [-0.05, 0) is 25.1 Å². The van der Waals surface area contributed by atoms with E-state index in [0.717, 1.165) is 12.4 Å². The summed E-state index contributed by atoms with van der Waals surface area (Å²) in [5, 5.41) is 7.61. The number of halogens is 1. The van der Waals surface area contributed by atoms with E-state index in [1.807, 2.05) is 0 Å². The molecule has 37 heavy (non-hydrogen) atoms. The minimum absolute atomic E-state index is 0.000966. The van der Waals surface area contributed by atoms with E-state index in [0.29, 0.717) is 28.6 Å². The molecule has 4 aromatic rings. The van der Waals surface area contributed by atoms with Crippen LogP contribution in [0.25, 0.3) is 17.2 Å². The van der Waals surface area contributed by atoms with Crippen molar-refractivity contribution in [1.82, 2.24) is 29.7 Å². The Bertz CT molecular complexity index is 1470. The van der Waals surface area contributed by atoms with Crippen LogP contribution in [0.4, 0.5) is 4.39 Å². The minimum atomic E-state index is -3.80. The van der Waals surface area contributed by atoms with Crippen molar-refractivity contribution >= 4 is 9.84 Å². The molecule has 0 saturated heterocycles. The molecule has 0 saturated carbocycles. The second-order valence-corrected chi connectivity index (χ2v) is 10.4. The van der Waals surface area contributed by atoms with E-state index in [1.54, 1.807) is 41.1 Å². The summed E-state index contributed by atoms with van der Waals surface area (Å²) in [6.45, 7) is 1.54. The number of ether oxygens (including phenoxy) is 3. The van der Waals surface area contributed by atoms with E-state index in [1.165, 1.54) is 28.3 Å². The maximum Gasteiger partial charge on any atom is 0.187 e. The first kappa shape index (κ1) is 25.9. The number of methoxy groups -OCH3 is 3. The second-order valence-electron chi connectivity index (χ2n) is 8.01. The van der Waals surface area contributed by atoms with Gasteiger partial charge in [-0.25, -0.2) is 22.8 Å². The van der Waals surface area contributed by atoms with Gasteiger partial charge in [0.15, 0.2) is 27.3 Å². The van der Waals surface area contributed by atoms with E-state index in [9.17, 15) is 12.8 Å². The predicted octanol–water partition coefficient (Wildman–Crippen LogP) is 2.83. The first-order valence-corrected chi connectivity index (χ1v) is 12.8. The SMILES string of the molecule is COc1ccnc(-c2nnc(CS(=O)(=O)[C@H](C)Cc3ncc(F)cn3)n2-c2c(OC)cccc2OC)c1. The standard InChI is InChI=1S/C24H25FN6O5S/c1-15(10-21-27-12-16(25)13-28-21)37(32,33)14-22-29-30-24(18-11-17(34-2)8-9-26-18)31(22)23-19(35-3)6-5-7-20(23)36-4/h5-9,11-13,15H,10,14H2,1-4H3/t15-/m1/s1. The summed E-state index contributed by atoms with van der Waals surface area (Å²) in [6, 6.07) is 8.52. The Labute approximate surface area is 213 Å². The molecule has 1 atom stereocenters.